The van der Waals surface area contributed by atoms with Crippen LogP contribution in [0.1, 0.15) is 18.1 Å². The fourth-order valence-corrected chi connectivity index (χ4v) is 2.63. The van der Waals surface area contributed by atoms with Crippen molar-refractivity contribution in [3.05, 3.63) is 63.9 Å². The van der Waals surface area contributed by atoms with Crippen molar-refractivity contribution < 1.29 is 9.13 Å². The largest absolute Gasteiger partial charge is 0.497 e. The summed E-state index contributed by atoms with van der Waals surface area (Å²) in [6, 6.07) is 12.4. The molecule has 0 amide bonds. The number of benzene rings is 2. The molecule has 0 heterocycles. The minimum atomic E-state index is -0.561. The highest BCUT2D eigenvalue weighted by Gasteiger charge is 2.23. The van der Waals surface area contributed by atoms with E-state index in [1.165, 1.54) is 12.1 Å². The maximum atomic E-state index is 13.1. The Bertz CT molecular complexity index is 613. The molecule has 2 aromatic rings. The van der Waals surface area contributed by atoms with Crippen LogP contribution >= 0.6 is 15.9 Å². The van der Waals surface area contributed by atoms with Gasteiger partial charge in [0.15, 0.2) is 0 Å². The molecule has 4 heteroatoms. The third kappa shape index (κ3) is 3.38. The van der Waals surface area contributed by atoms with E-state index in [9.17, 15) is 4.39 Å². The zero-order valence-electron chi connectivity index (χ0n) is 11.5. The van der Waals surface area contributed by atoms with Gasteiger partial charge in [0.1, 0.15) is 11.6 Å². The van der Waals surface area contributed by atoms with Crippen LogP contribution in [0, 0.1) is 5.82 Å². The first-order valence-corrected chi connectivity index (χ1v) is 7.09. The molecule has 106 valence electrons. The molecule has 2 nitrogen and oxygen atoms in total. The minimum absolute atomic E-state index is 0.263. The molecule has 0 aliphatic rings. The van der Waals surface area contributed by atoms with E-state index in [4.69, 9.17) is 10.5 Å². The van der Waals surface area contributed by atoms with Crippen LogP contribution in [0.25, 0.3) is 0 Å². The molecule has 0 saturated heterocycles. The van der Waals surface area contributed by atoms with Crippen LogP contribution in [0.3, 0.4) is 0 Å². The van der Waals surface area contributed by atoms with E-state index in [1.807, 2.05) is 31.2 Å². The lowest BCUT2D eigenvalue weighted by atomic mass is 9.86. The summed E-state index contributed by atoms with van der Waals surface area (Å²) >= 11 is 3.38. The molecule has 1 unspecified atom stereocenters. The van der Waals surface area contributed by atoms with Gasteiger partial charge in [0.05, 0.1) is 7.11 Å². The Morgan fingerprint density at radius 2 is 2.00 bits per heavy atom. The summed E-state index contributed by atoms with van der Waals surface area (Å²) in [5.74, 6) is 0.512. The van der Waals surface area contributed by atoms with Crippen molar-refractivity contribution in [1.29, 1.82) is 0 Å². The molecule has 0 spiro atoms. The minimum Gasteiger partial charge on any atom is -0.497 e. The maximum absolute atomic E-state index is 13.1. The second-order valence-electron chi connectivity index (χ2n) is 5.06. The Kier molecular flexibility index (Phi) is 4.45. The number of rotatable bonds is 4. The van der Waals surface area contributed by atoms with Crippen molar-refractivity contribution in [3.8, 4) is 5.75 Å². The summed E-state index contributed by atoms with van der Waals surface area (Å²) in [5.41, 5.74) is 7.82. The topological polar surface area (TPSA) is 35.2 Å². The Balaban J connectivity index is 2.29. The molecule has 0 radical (unpaired) electrons. The summed E-state index contributed by atoms with van der Waals surface area (Å²) in [6.07, 6.45) is 0.598. The van der Waals surface area contributed by atoms with E-state index < -0.39 is 5.54 Å². The monoisotopic (exact) mass is 337 g/mol. The SMILES string of the molecule is COc1cccc(C(C)(N)Cc2ccc(F)cc2Br)c1. The lowest BCUT2D eigenvalue weighted by molar-refractivity contribution is 0.410. The third-order valence-electron chi connectivity index (χ3n) is 3.30. The van der Waals surface area contributed by atoms with E-state index in [-0.39, 0.29) is 5.82 Å². The predicted octanol–water partition coefficient (Wildman–Crippen LogP) is 4.01. The van der Waals surface area contributed by atoms with Crippen molar-refractivity contribution in [3.63, 3.8) is 0 Å². The first-order chi connectivity index (χ1) is 9.42. The highest BCUT2D eigenvalue weighted by atomic mass is 79.9. The third-order valence-corrected chi connectivity index (χ3v) is 4.04. The van der Waals surface area contributed by atoms with E-state index in [0.29, 0.717) is 6.42 Å². The van der Waals surface area contributed by atoms with Crippen LogP contribution in [0.2, 0.25) is 0 Å². The summed E-state index contributed by atoms with van der Waals surface area (Å²) in [5, 5.41) is 0. The molecular formula is C16H17BrFNO. The Labute approximate surface area is 126 Å². The van der Waals surface area contributed by atoms with Crippen LogP contribution in [-0.4, -0.2) is 7.11 Å². The molecule has 2 rings (SSSR count). The van der Waals surface area contributed by atoms with Crippen LogP contribution < -0.4 is 10.5 Å². The van der Waals surface area contributed by atoms with Gasteiger partial charge < -0.3 is 10.5 Å². The van der Waals surface area contributed by atoms with Crippen molar-refractivity contribution in [2.45, 2.75) is 18.9 Å². The Hall–Kier alpha value is -1.39. The van der Waals surface area contributed by atoms with Crippen LogP contribution in [0.4, 0.5) is 4.39 Å². The van der Waals surface area contributed by atoms with E-state index in [2.05, 4.69) is 15.9 Å². The first-order valence-electron chi connectivity index (χ1n) is 6.30. The van der Waals surface area contributed by atoms with Gasteiger partial charge in [0, 0.05) is 10.0 Å². The average molecular weight is 338 g/mol. The van der Waals surface area contributed by atoms with Gasteiger partial charge in [0.25, 0.3) is 0 Å². The van der Waals surface area contributed by atoms with Gasteiger partial charge in [-0.2, -0.15) is 0 Å². The second kappa shape index (κ2) is 5.94. The Morgan fingerprint density at radius 1 is 1.25 bits per heavy atom. The molecule has 1 atom stereocenters. The number of ether oxygens (including phenoxy) is 1. The standard InChI is InChI=1S/C16H17BrFNO/c1-16(19,12-4-3-5-14(8-12)20-2)10-11-6-7-13(18)9-15(11)17/h3-9H,10,19H2,1-2H3. The summed E-state index contributed by atoms with van der Waals surface area (Å²) < 4.78 is 19.1. The van der Waals surface area contributed by atoms with Crippen LogP contribution in [0.15, 0.2) is 46.9 Å². The van der Waals surface area contributed by atoms with Crippen molar-refractivity contribution in [2.75, 3.05) is 7.11 Å². The van der Waals surface area contributed by atoms with E-state index in [1.54, 1.807) is 13.2 Å². The number of hydrogen-bond acceptors (Lipinski definition) is 2. The van der Waals surface area contributed by atoms with Gasteiger partial charge in [-0.1, -0.05) is 34.1 Å². The normalized spacial score (nSPS) is 13.8. The zero-order chi connectivity index (χ0) is 14.8. The van der Waals surface area contributed by atoms with E-state index >= 15 is 0 Å². The van der Waals surface area contributed by atoms with Gasteiger partial charge >= 0.3 is 0 Å². The molecule has 20 heavy (non-hydrogen) atoms. The molecule has 2 N–H and O–H groups in total. The van der Waals surface area contributed by atoms with E-state index in [0.717, 1.165) is 21.3 Å². The summed E-state index contributed by atoms with van der Waals surface area (Å²) in [4.78, 5) is 0. The molecule has 0 aromatic heterocycles. The fraction of sp³-hybridized carbons (Fsp3) is 0.250. The number of hydrogen-bond donors (Lipinski definition) is 1. The van der Waals surface area contributed by atoms with Gasteiger partial charge in [-0.25, -0.2) is 4.39 Å². The maximum Gasteiger partial charge on any atom is 0.124 e. The predicted molar refractivity (Wildman–Crippen MR) is 82.3 cm³/mol. The lowest BCUT2D eigenvalue weighted by Crippen LogP contribution is -2.35. The van der Waals surface area contributed by atoms with Gasteiger partial charge in [-0.3, -0.25) is 0 Å². The highest BCUT2D eigenvalue weighted by Crippen LogP contribution is 2.29. The molecule has 0 aliphatic carbocycles. The second-order valence-corrected chi connectivity index (χ2v) is 5.92. The molecular weight excluding hydrogens is 321 g/mol. The Morgan fingerprint density at radius 3 is 2.65 bits per heavy atom. The number of halogens is 2. The van der Waals surface area contributed by atoms with Gasteiger partial charge in [-0.15, -0.1) is 0 Å². The number of methoxy groups -OCH3 is 1. The molecule has 0 bridgehead atoms. The number of nitrogens with two attached hydrogens (primary N) is 1. The van der Waals surface area contributed by atoms with Crippen LogP contribution in [0.5, 0.6) is 5.75 Å². The van der Waals surface area contributed by atoms with Crippen LogP contribution in [-0.2, 0) is 12.0 Å². The van der Waals surface area contributed by atoms with Crippen molar-refractivity contribution in [1.82, 2.24) is 0 Å². The van der Waals surface area contributed by atoms with Crippen molar-refractivity contribution in [2.24, 2.45) is 5.73 Å². The summed E-state index contributed by atoms with van der Waals surface area (Å²) in [6.45, 7) is 1.96. The molecule has 2 aromatic carbocycles. The molecule has 0 aliphatic heterocycles. The fourth-order valence-electron chi connectivity index (χ4n) is 2.14. The lowest BCUT2D eigenvalue weighted by Gasteiger charge is -2.26. The van der Waals surface area contributed by atoms with Gasteiger partial charge in [-0.05, 0) is 48.7 Å². The first kappa shape index (κ1) is 15.0. The average Bonchev–Trinajstić information content (AvgIpc) is 2.42. The van der Waals surface area contributed by atoms with Gasteiger partial charge in [0.2, 0.25) is 0 Å². The summed E-state index contributed by atoms with van der Waals surface area (Å²) in [7, 11) is 1.63. The smallest absolute Gasteiger partial charge is 0.124 e. The highest BCUT2D eigenvalue weighted by molar-refractivity contribution is 9.10. The molecule has 0 fully saturated rings. The van der Waals surface area contributed by atoms with Crippen molar-refractivity contribution >= 4 is 15.9 Å². The quantitative estimate of drug-likeness (QED) is 0.914. The molecule has 0 saturated carbocycles. The zero-order valence-corrected chi connectivity index (χ0v) is 13.1.